The maximum Gasteiger partial charge on any atom is 0.125 e. The molecular formula is C81H100N18. The van der Waals surface area contributed by atoms with E-state index in [0.717, 1.165) is 73.9 Å². The lowest BCUT2D eigenvalue weighted by Gasteiger charge is -2.02. The molecule has 99 heavy (non-hydrogen) atoms. The Bertz CT molecular complexity index is 3830. The first-order chi connectivity index (χ1) is 47.3. The van der Waals surface area contributed by atoms with Gasteiger partial charge in [0.05, 0.1) is 47.1 Å². The predicted octanol–water partition coefficient (Wildman–Crippen LogP) is 18.9. The summed E-state index contributed by atoms with van der Waals surface area (Å²) in [7, 11) is 0. The van der Waals surface area contributed by atoms with Gasteiger partial charge in [0.15, 0.2) is 0 Å². The highest BCUT2D eigenvalue weighted by atomic mass is 15.1. The van der Waals surface area contributed by atoms with Gasteiger partial charge in [-0.1, -0.05) is 131 Å². The highest BCUT2D eigenvalue weighted by Crippen LogP contribution is 2.21. The van der Waals surface area contributed by atoms with Crippen molar-refractivity contribution < 1.29 is 0 Å². The van der Waals surface area contributed by atoms with E-state index in [1.165, 1.54) is 67.5 Å². The van der Waals surface area contributed by atoms with Crippen molar-refractivity contribution in [2.24, 2.45) is 5.11 Å². The lowest BCUT2D eigenvalue weighted by Crippen LogP contribution is -1.86. The van der Waals surface area contributed by atoms with Crippen molar-refractivity contribution in [2.45, 2.75) is 145 Å². The quantitative estimate of drug-likeness (QED) is 0.127. The lowest BCUT2D eigenvalue weighted by atomic mass is 10.0. The van der Waals surface area contributed by atoms with Crippen molar-refractivity contribution in [1.82, 2.24) is 80.4 Å². The summed E-state index contributed by atoms with van der Waals surface area (Å²) in [6.45, 7) is 41.5. The zero-order chi connectivity index (χ0) is 73.3. The second kappa shape index (κ2) is 49.2. The fourth-order valence-electron chi connectivity index (χ4n) is 7.30. The van der Waals surface area contributed by atoms with E-state index in [4.69, 9.17) is 5.53 Å². The van der Waals surface area contributed by atoms with Gasteiger partial charge in [0, 0.05) is 66.7 Å². The molecule has 0 amide bonds. The van der Waals surface area contributed by atoms with E-state index in [1.807, 2.05) is 160 Å². The van der Waals surface area contributed by atoms with Gasteiger partial charge in [-0.15, -0.1) is 0 Å². The van der Waals surface area contributed by atoms with Crippen LogP contribution in [0, 0.1) is 137 Å². The molecule has 514 valence electrons. The van der Waals surface area contributed by atoms with Gasteiger partial charge in [-0.25, -0.2) is 45.4 Å². The molecule has 0 aliphatic carbocycles. The molecular weight excluding hydrogens is 1230 g/mol. The maximum atomic E-state index is 6.51. The Labute approximate surface area is 589 Å². The first-order valence-corrected chi connectivity index (χ1v) is 32.2. The number of nitrogens with zero attached hydrogens (tertiary/aromatic N) is 17. The molecule has 8 heterocycles. The van der Waals surface area contributed by atoms with Gasteiger partial charge in [0.1, 0.15) is 24.3 Å². The van der Waals surface area contributed by atoms with Gasteiger partial charge in [0.25, 0.3) is 0 Å². The summed E-state index contributed by atoms with van der Waals surface area (Å²) >= 11 is 0. The Morgan fingerprint density at radius 2 is 0.848 bits per heavy atom. The van der Waals surface area contributed by atoms with Crippen LogP contribution in [0.2, 0.25) is 0 Å². The molecule has 0 atom stereocenters. The molecule has 0 unspecified atom stereocenters. The lowest BCUT2D eigenvalue weighted by molar-refractivity contribution is 0.961. The molecule has 12 rings (SSSR count). The minimum atomic E-state index is 0.725. The minimum absolute atomic E-state index is 0.725. The average Bonchev–Trinajstić information content (AvgIpc) is 0.900. The molecule has 0 spiro atoms. The largest absolute Gasteiger partial charge is 0.258 e. The molecule has 0 bridgehead atoms. The summed E-state index contributed by atoms with van der Waals surface area (Å²) in [6, 6.07) is 42.3. The minimum Gasteiger partial charge on any atom is -0.258 e. The number of aromatic nitrogens is 16. The van der Waals surface area contributed by atoms with E-state index in [2.05, 4.69) is 210 Å². The van der Waals surface area contributed by atoms with Crippen molar-refractivity contribution in [1.29, 1.82) is 5.53 Å². The summed E-state index contributed by atoms with van der Waals surface area (Å²) in [5, 5.41) is 25.6. The number of hydrogen-bond donors (Lipinski definition) is 1. The molecule has 12 aromatic rings. The van der Waals surface area contributed by atoms with Crippen molar-refractivity contribution >= 4 is 0 Å². The Morgan fingerprint density at radius 3 is 1.18 bits per heavy atom. The molecule has 0 saturated heterocycles. The molecule has 0 saturated carbocycles. The van der Waals surface area contributed by atoms with Crippen LogP contribution in [0.1, 0.15) is 121 Å². The monoisotopic (exact) mass is 1320 g/mol. The van der Waals surface area contributed by atoms with Crippen molar-refractivity contribution in [3.05, 3.63) is 333 Å². The number of allylic oxidation sites excluding steroid dienone is 4. The molecule has 0 fully saturated rings. The Balaban J connectivity index is 0.000000374. The van der Waals surface area contributed by atoms with Gasteiger partial charge in [-0.2, -0.15) is 35.7 Å². The van der Waals surface area contributed by atoms with E-state index in [-0.39, 0.29) is 0 Å². The fourth-order valence-corrected chi connectivity index (χ4v) is 7.30. The van der Waals surface area contributed by atoms with E-state index in [9.17, 15) is 0 Å². The van der Waals surface area contributed by atoms with Crippen LogP contribution in [-0.2, 0) is 0 Å². The number of nitrogens with one attached hydrogen (secondary N) is 1. The van der Waals surface area contributed by atoms with Crippen molar-refractivity contribution in [3.63, 3.8) is 0 Å². The molecule has 0 radical (unpaired) electrons. The summed E-state index contributed by atoms with van der Waals surface area (Å²) in [4.78, 5) is 39.4. The van der Waals surface area contributed by atoms with Crippen molar-refractivity contribution in [3.8, 4) is 22.3 Å². The molecule has 18 nitrogen and oxygen atoms in total. The number of aryl methyl sites for hydroxylation is 19. The zero-order valence-corrected chi connectivity index (χ0v) is 61.9. The van der Waals surface area contributed by atoms with E-state index in [1.54, 1.807) is 75.1 Å². The molecule has 1 N–H and O–H groups in total. The normalized spacial score (nSPS) is 9.73. The first kappa shape index (κ1) is 83.7. The van der Waals surface area contributed by atoms with Crippen LogP contribution < -0.4 is 0 Å². The third-order valence-electron chi connectivity index (χ3n) is 13.2. The fraction of sp³-hybridized carbons (Fsp3) is 0.259. The highest BCUT2D eigenvalue weighted by molar-refractivity contribution is 5.65. The highest BCUT2D eigenvalue weighted by Gasteiger charge is 1.98. The van der Waals surface area contributed by atoms with Gasteiger partial charge >= 0.3 is 0 Å². The van der Waals surface area contributed by atoms with Crippen LogP contribution >= 0.6 is 0 Å². The van der Waals surface area contributed by atoms with E-state index < -0.39 is 0 Å². The van der Waals surface area contributed by atoms with E-state index >= 15 is 0 Å². The third-order valence-corrected chi connectivity index (χ3v) is 13.2. The summed E-state index contributed by atoms with van der Waals surface area (Å²) < 4.78 is 0. The second-order valence-corrected chi connectivity index (χ2v) is 23.0. The predicted molar refractivity (Wildman–Crippen MR) is 404 cm³/mol. The molecule has 0 aliphatic heterocycles. The standard InChI is InChI=1S/2C14H14.7C6H8N2.C6H10N2.C5H6N2/c1-11-3-7-13(8-4-11)14-9-5-12(2)6-10-14;1-11-6-8-13(9-7-11)14-5-3-4-12(2)10-14;1-5-3-8-6(2)4-7-5;1-5-3-7-8-4-6(5)2;1-5-3-6(2)8-4-7-5;1-5-3-7-6(2)8-4-5;1-5-3-6(2)8-7-4-5;1-5-3-4-7-6(2)8-5;1-5-3-4-7-8-6(5)2;1-3-4-5-6(2)8-7;1-5-2-6-4-7-3-5/h2*3-10H,1-2H3;7*3-4H,1-2H3;3-5,7H,1-2H3;2-4H,1H3/b;;;;;;;;;4-3+,6-5-,8-7?;. The number of rotatable bonds is 4. The van der Waals surface area contributed by atoms with Crippen LogP contribution in [0.4, 0.5) is 0 Å². The molecule has 8 aromatic heterocycles. The van der Waals surface area contributed by atoms with Crippen LogP contribution in [0.3, 0.4) is 0 Å². The number of benzene rings is 4. The van der Waals surface area contributed by atoms with Gasteiger partial charge in [-0.05, 0) is 231 Å². The SMILES string of the molecule is C/C=C/C=C(/C)N=N.Cc1cc(C)ncn1.Cc1ccc(-c2ccc(C)cc2)cc1.Cc1ccc(-c2cccc(C)c2)cc1.Cc1ccnc(C)n1.Cc1ccnnc1C.Cc1cnc(C)cn1.Cc1cnc(C)nc1.Cc1cncnc1.Cc1cnnc(C)c1.Cc1cnncc1C. The van der Waals surface area contributed by atoms with Gasteiger partial charge < -0.3 is 0 Å². The summed E-state index contributed by atoms with van der Waals surface area (Å²) in [6.07, 6.45) is 28.0. The average molecular weight is 1330 g/mol. The molecule has 0 aliphatic rings. The topological polar surface area (TPSA) is 242 Å². The van der Waals surface area contributed by atoms with Gasteiger partial charge in [0.2, 0.25) is 0 Å². The van der Waals surface area contributed by atoms with E-state index in [0.29, 0.717) is 0 Å². The van der Waals surface area contributed by atoms with Crippen molar-refractivity contribution in [2.75, 3.05) is 0 Å². The molecule has 18 heteroatoms. The maximum absolute atomic E-state index is 6.51. The summed E-state index contributed by atoms with van der Waals surface area (Å²) in [5.74, 6) is 1.67. The van der Waals surface area contributed by atoms with Crippen LogP contribution in [0.25, 0.3) is 22.3 Å². The summed E-state index contributed by atoms with van der Waals surface area (Å²) in [5.41, 5.74) is 31.6. The molecule has 4 aromatic carbocycles. The van der Waals surface area contributed by atoms with Crippen LogP contribution in [0.15, 0.2) is 231 Å². The van der Waals surface area contributed by atoms with Gasteiger partial charge in [-0.3, -0.25) is 9.97 Å². The Kier molecular flexibility index (Phi) is 41.6. The third kappa shape index (κ3) is 41.2. The first-order valence-electron chi connectivity index (χ1n) is 32.2. The Hall–Kier alpha value is -11.4. The smallest absolute Gasteiger partial charge is 0.125 e. The van der Waals surface area contributed by atoms with Crippen LogP contribution in [0.5, 0.6) is 0 Å². The second-order valence-electron chi connectivity index (χ2n) is 23.0. The van der Waals surface area contributed by atoms with Crippen LogP contribution in [-0.4, -0.2) is 80.4 Å². The Morgan fingerprint density at radius 1 is 0.343 bits per heavy atom. The zero-order valence-electron chi connectivity index (χ0n) is 61.9. The number of hydrogen-bond acceptors (Lipinski definition) is 18.